The zero-order valence-corrected chi connectivity index (χ0v) is 11.7. The Bertz CT molecular complexity index is 309. The predicted octanol–water partition coefficient (Wildman–Crippen LogP) is 1.31. The van der Waals surface area contributed by atoms with Crippen LogP contribution in [0.15, 0.2) is 0 Å². The molecule has 0 aliphatic carbocycles. The molecule has 1 saturated heterocycles. The lowest BCUT2D eigenvalue weighted by Gasteiger charge is -2.32. The molecule has 0 aromatic rings. The van der Waals surface area contributed by atoms with Gasteiger partial charge in [-0.1, -0.05) is 6.92 Å². The van der Waals surface area contributed by atoms with E-state index in [4.69, 9.17) is 9.84 Å². The number of hydrogen-bond acceptors (Lipinski definition) is 3. The Morgan fingerprint density at radius 2 is 2.26 bits per heavy atom. The maximum Gasteiger partial charge on any atom is 0.317 e. The number of likely N-dealkylation sites (tertiary alicyclic amines) is 1. The second-order valence-corrected chi connectivity index (χ2v) is 5.17. The lowest BCUT2D eigenvalue weighted by Crippen LogP contribution is -2.48. The van der Waals surface area contributed by atoms with Gasteiger partial charge in [0.25, 0.3) is 0 Å². The van der Waals surface area contributed by atoms with E-state index in [9.17, 15) is 9.59 Å². The second kappa shape index (κ2) is 7.99. The molecule has 0 spiro atoms. The highest BCUT2D eigenvalue weighted by atomic mass is 16.5. The van der Waals surface area contributed by atoms with E-state index < -0.39 is 5.97 Å². The number of amides is 2. The first kappa shape index (κ1) is 15.8. The van der Waals surface area contributed by atoms with Crippen LogP contribution in [0.4, 0.5) is 4.79 Å². The van der Waals surface area contributed by atoms with Crippen LogP contribution >= 0.6 is 0 Å². The van der Waals surface area contributed by atoms with Gasteiger partial charge in [0.05, 0.1) is 6.10 Å². The van der Waals surface area contributed by atoms with E-state index in [-0.39, 0.29) is 24.5 Å². The quantitative estimate of drug-likeness (QED) is 0.764. The number of piperidine rings is 1. The molecule has 0 aromatic carbocycles. The molecule has 110 valence electrons. The molecule has 6 nitrogen and oxygen atoms in total. The van der Waals surface area contributed by atoms with Crippen LogP contribution < -0.4 is 5.32 Å². The van der Waals surface area contributed by atoms with Crippen LogP contribution in [0.5, 0.6) is 0 Å². The number of urea groups is 1. The maximum atomic E-state index is 11.9. The Labute approximate surface area is 114 Å². The van der Waals surface area contributed by atoms with Gasteiger partial charge in [-0.2, -0.15) is 0 Å². The zero-order valence-electron chi connectivity index (χ0n) is 11.7. The van der Waals surface area contributed by atoms with Crippen molar-refractivity contribution >= 4 is 12.0 Å². The third-order valence-electron chi connectivity index (χ3n) is 3.45. The average molecular weight is 272 g/mol. The van der Waals surface area contributed by atoms with Gasteiger partial charge in [0.1, 0.15) is 0 Å². The van der Waals surface area contributed by atoms with Gasteiger partial charge in [0, 0.05) is 33.2 Å². The largest absolute Gasteiger partial charge is 0.481 e. The first-order chi connectivity index (χ1) is 9.02. The maximum absolute atomic E-state index is 11.9. The van der Waals surface area contributed by atoms with Gasteiger partial charge in [-0.3, -0.25) is 4.79 Å². The van der Waals surface area contributed by atoms with Crippen molar-refractivity contribution in [3.05, 3.63) is 0 Å². The Morgan fingerprint density at radius 3 is 2.89 bits per heavy atom. The number of rotatable bonds is 6. The Hall–Kier alpha value is -1.30. The molecule has 0 radical (unpaired) electrons. The van der Waals surface area contributed by atoms with Crippen LogP contribution in [-0.2, 0) is 9.53 Å². The van der Waals surface area contributed by atoms with E-state index in [0.29, 0.717) is 19.5 Å². The average Bonchev–Trinajstić information content (AvgIpc) is 2.42. The summed E-state index contributed by atoms with van der Waals surface area (Å²) in [5, 5.41) is 11.4. The molecule has 0 saturated carbocycles. The fourth-order valence-corrected chi connectivity index (χ4v) is 2.16. The van der Waals surface area contributed by atoms with Gasteiger partial charge < -0.3 is 20.1 Å². The van der Waals surface area contributed by atoms with E-state index in [2.05, 4.69) is 5.32 Å². The van der Waals surface area contributed by atoms with Crippen molar-refractivity contribution in [3.8, 4) is 0 Å². The zero-order chi connectivity index (χ0) is 14.3. The molecule has 2 atom stereocenters. The van der Waals surface area contributed by atoms with Crippen molar-refractivity contribution in [1.82, 2.24) is 10.2 Å². The highest BCUT2D eigenvalue weighted by molar-refractivity contribution is 5.74. The summed E-state index contributed by atoms with van der Waals surface area (Å²) in [6.45, 7) is 3.85. The van der Waals surface area contributed by atoms with Gasteiger partial charge in [-0.05, 0) is 25.2 Å². The monoisotopic (exact) mass is 272 g/mol. The molecule has 0 bridgehead atoms. The number of carboxylic acid groups (broad SMARTS) is 1. The van der Waals surface area contributed by atoms with Crippen molar-refractivity contribution in [2.75, 3.05) is 26.7 Å². The third-order valence-corrected chi connectivity index (χ3v) is 3.45. The topological polar surface area (TPSA) is 78.9 Å². The van der Waals surface area contributed by atoms with Gasteiger partial charge in [0.15, 0.2) is 0 Å². The van der Waals surface area contributed by atoms with Crippen LogP contribution in [0.25, 0.3) is 0 Å². The summed E-state index contributed by atoms with van der Waals surface area (Å²) in [6, 6.07) is -0.0797. The highest BCUT2D eigenvalue weighted by Gasteiger charge is 2.23. The van der Waals surface area contributed by atoms with E-state index >= 15 is 0 Å². The molecule has 2 N–H and O–H groups in total. The number of nitrogens with zero attached hydrogens (tertiary/aromatic N) is 1. The molecule has 6 heteroatoms. The molecule has 19 heavy (non-hydrogen) atoms. The summed E-state index contributed by atoms with van der Waals surface area (Å²) >= 11 is 0. The van der Waals surface area contributed by atoms with E-state index in [1.807, 2.05) is 6.92 Å². The summed E-state index contributed by atoms with van der Waals surface area (Å²) in [5.41, 5.74) is 0. The summed E-state index contributed by atoms with van der Waals surface area (Å²) in [6.07, 6.45) is 2.81. The third kappa shape index (κ3) is 5.92. The lowest BCUT2D eigenvalue weighted by molar-refractivity contribution is -0.137. The summed E-state index contributed by atoms with van der Waals surface area (Å²) in [7, 11) is 1.67. The van der Waals surface area contributed by atoms with Crippen LogP contribution in [0.2, 0.25) is 0 Å². The van der Waals surface area contributed by atoms with Gasteiger partial charge in [-0.15, -0.1) is 0 Å². The smallest absolute Gasteiger partial charge is 0.317 e. The molecule has 2 unspecified atom stereocenters. The lowest BCUT2D eigenvalue weighted by atomic mass is 10.1. The van der Waals surface area contributed by atoms with Crippen molar-refractivity contribution in [1.29, 1.82) is 0 Å². The first-order valence-corrected chi connectivity index (χ1v) is 6.80. The van der Waals surface area contributed by atoms with Gasteiger partial charge in [0.2, 0.25) is 0 Å². The van der Waals surface area contributed by atoms with Crippen LogP contribution in [0, 0.1) is 5.92 Å². The minimum atomic E-state index is -0.794. The van der Waals surface area contributed by atoms with Gasteiger partial charge >= 0.3 is 12.0 Å². The van der Waals surface area contributed by atoms with E-state index in [0.717, 1.165) is 19.4 Å². The minimum Gasteiger partial charge on any atom is -0.481 e. The number of aliphatic carboxylic acids is 1. The summed E-state index contributed by atoms with van der Waals surface area (Å²) in [5.74, 6) is -0.625. The molecule has 1 aliphatic rings. The Morgan fingerprint density at radius 1 is 1.53 bits per heavy atom. The van der Waals surface area contributed by atoms with E-state index in [1.165, 1.54) is 0 Å². The molecule has 1 aliphatic heterocycles. The minimum absolute atomic E-state index is 0.0797. The Balaban J connectivity index is 2.24. The predicted molar refractivity (Wildman–Crippen MR) is 71.0 cm³/mol. The fraction of sp³-hybridized carbons (Fsp3) is 0.846. The molecule has 1 rings (SSSR count). The molecule has 1 heterocycles. The van der Waals surface area contributed by atoms with E-state index in [1.54, 1.807) is 12.0 Å². The van der Waals surface area contributed by atoms with Crippen molar-refractivity contribution < 1.29 is 19.4 Å². The number of ether oxygens (including phenoxy) is 1. The van der Waals surface area contributed by atoms with Crippen LogP contribution in [0.1, 0.15) is 32.6 Å². The van der Waals surface area contributed by atoms with Gasteiger partial charge in [-0.25, -0.2) is 4.79 Å². The summed E-state index contributed by atoms with van der Waals surface area (Å²) in [4.78, 5) is 24.2. The number of methoxy groups -OCH3 is 1. The number of nitrogens with one attached hydrogen (secondary N) is 1. The Kier molecular flexibility index (Phi) is 6.62. The highest BCUT2D eigenvalue weighted by Crippen LogP contribution is 2.12. The number of carbonyl (C=O) groups excluding carboxylic acids is 1. The molecular weight excluding hydrogens is 248 g/mol. The van der Waals surface area contributed by atoms with Crippen LogP contribution in [-0.4, -0.2) is 54.9 Å². The number of carboxylic acids is 1. The van der Waals surface area contributed by atoms with Crippen molar-refractivity contribution in [2.24, 2.45) is 5.92 Å². The van der Waals surface area contributed by atoms with Crippen LogP contribution in [0.3, 0.4) is 0 Å². The molecule has 1 fully saturated rings. The molecule has 2 amide bonds. The van der Waals surface area contributed by atoms with Crippen molar-refractivity contribution in [3.63, 3.8) is 0 Å². The second-order valence-electron chi connectivity index (χ2n) is 5.17. The molecule has 0 aromatic heterocycles. The fourth-order valence-electron chi connectivity index (χ4n) is 2.16. The SMILES string of the molecule is COC1CCCN(C(=O)NCC(C)CCC(=O)O)C1. The van der Waals surface area contributed by atoms with Crippen molar-refractivity contribution in [2.45, 2.75) is 38.7 Å². The first-order valence-electron chi connectivity index (χ1n) is 6.80. The standard InChI is InChI=1S/C13H24N2O4/c1-10(5-6-12(16)17)8-14-13(18)15-7-3-4-11(9-15)19-2/h10-11H,3-9H2,1-2H3,(H,14,18)(H,16,17). The number of carbonyl (C=O) groups is 2. The normalized spacial score (nSPS) is 20.9. The number of hydrogen-bond donors (Lipinski definition) is 2. The molecular formula is C13H24N2O4. The summed E-state index contributed by atoms with van der Waals surface area (Å²) < 4.78 is 5.28.